The summed E-state index contributed by atoms with van der Waals surface area (Å²) in [4.78, 5) is 11.9. The molecule has 0 fully saturated rings. The van der Waals surface area contributed by atoms with Gasteiger partial charge in [0, 0.05) is 22.9 Å². The Labute approximate surface area is 109 Å². The molecular formula is C15H10ClFO. The maximum Gasteiger partial charge on any atom is 0.164 e. The van der Waals surface area contributed by atoms with Crippen molar-refractivity contribution in [2.75, 3.05) is 0 Å². The molecule has 0 spiro atoms. The van der Waals surface area contributed by atoms with E-state index in [-0.39, 0.29) is 17.5 Å². The summed E-state index contributed by atoms with van der Waals surface area (Å²) < 4.78 is 12.9. The van der Waals surface area contributed by atoms with Crippen molar-refractivity contribution in [1.82, 2.24) is 0 Å². The average Bonchev–Trinajstić information content (AvgIpc) is 2.68. The largest absolute Gasteiger partial charge is 0.294 e. The lowest BCUT2D eigenvalue weighted by Gasteiger charge is -2.11. The Morgan fingerprint density at radius 1 is 1.11 bits per heavy atom. The number of fused-ring (bicyclic) bond motifs is 1. The molecule has 0 N–H and O–H groups in total. The number of rotatable bonds is 1. The predicted octanol–water partition coefficient (Wildman–Crippen LogP) is 4.20. The van der Waals surface area contributed by atoms with Crippen LogP contribution in [0.4, 0.5) is 4.39 Å². The Balaban J connectivity index is 2.07. The highest BCUT2D eigenvalue weighted by Gasteiger charge is 2.30. The molecular weight excluding hydrogens is 251 g/mol. The van der Waals surface area contributed by atoms with Crippen LogP contribution in [0.25, 0.3) is 0 Å². The number of carbonyl (C=O) groups is 1. The fraction of sp³-hybridized carbons (Fsp3) is 0.133. The van der Waals surface area contributed by atoms with Crippen LogP contribution >= 0.6 is 11.6 Å². The van der Waals surface area contributed by atoms with Crippen molar-refractivity contribution < 1.29 is 9.18 Å². The molecule has 1 atom stereocenters. The Kier molecular flexibility index (Phi) is 2.67. The van der Waals surface area contributed by atoms with E-state index in [1.54, 1.807) is 24.3 Å². The lowest BCUT2D eigenvalue weighted by atomic mass is 9.93. The molecule has 1 nitrogen and oxygen atoms in total. The molecule has 3 rings (SSSR count). The second-order valence-corrected chi connectivity index (χ2v) is 4.90. The van der Waals surface area contributed by atoms with Crippen LogP contribution in [0.5, 0.6) is 0 Å². The van der Waals surface area contributed by atoms with Gasteiger partial charge in [0.25, 0.3) is 0 Å². The number of hydrogen-bond acceptors (Lipinski definition) is 1. The minimum atomic E-state index is -0.264. The number of carbonyl (C=O) groups excluding carboxylic acids is 1. The number of halogens is 2. The molecule has 0 heterocycles. The van der Waals surface area contributed by atoms with E-state index < -0.39 is 0 Å². The van der Waals surface area contributed by atoms with Crippen molar-refractivity contribution in [2.24, 2.45) is 0 Å². The Hall–Kier alpha value is -1.67. The second kappa shape index (κ2) is 4.21. The van der Waals surface area contributed by atoms with Crippen LogP contribution in [-0.2, 0) is 0 Å². The van der Waals surface area contributed by atoms with Gasteiger partial charge < -0.3 is 0 Å². The fourth-order valence-electron chi connectivity index (χ4n) is 2.47. The third-order valence-corrected chi connectivity index (χ3v) is 3.59. The van der Waals surface area contributed by atoms with Crippen molar-refractivity contribution in [1.29, 1.82) is 0 Å². The predicted molar refractivity (Wildman–Crippen MR) is 68.6 cm³/mol. The molecule has 90 valence electrons. The molecule has 0 unspecified atom stereocenters. The maximum atomic E-state index is 12.9. The molecule has 0 amide bonds. The summed E-state index contributed by atoms with van der Waals surface area (Å²) in [5.74, 6) is -0.147. The average molecular weight is 261 g/mol. The molecule has 0 bridgehead atoms. The lowest BCUT2D eigenvalue weighted by molar-refractivity contribution is 0.0991. The van der Waals surface area contributed by atoms with Crippen LogP contribution in [-0.4, -0.2) is 5.78 Å². The molecule has 2 aromatic carbocycles. The monoisotopic (exact) mass is 260 g/mol. The highest BCUT2D eigenvalue weighted by atomic mass is 35.5. The van der Waals surface area contributed by atoms with Gasteiger partial charge in [-0.3, -0.25) is 4.79 Å². The van der Waals surface area contributed by atoms with E-state index in [0.717, 1.165) is 11.1 Å². The van der Waals surface area contributed by atoms with Gasteiger partial charge in [0.1, 0.15) is 5.82 Å². The lowest BCUT2D eigenvalue weighted by Crippen LogP contribution is -1.96. The van der Waals surface area contributed by atoms with Gasteiger partial charge in [0.05, 0.1) is 0 Å². The summed E-state index contributed by atoms with van der Waals surface area (Å²) in [6.07, 6.45) is 0.432. The Morgan fingerprint density at radius 2 is 1.83 bits per heavy atom. The summed E-state index contributed by atoms with van der Waals surface area (Å²) in [5.41, 5.74) is 2.64. The normalized spacial score (nSPS) is 17.9. The summed E-state index contributed by atoms with van der Waals surface area (Å²) in [7, 11) is 0. The number of Topliss-reactive ketones (excluding diaryl/α,β-unsaturated/α-hetero) is 1. The van der Waals surface area contributed by atoms with Gasteiger partial charge in [-0.25, -0.2) is 4.39 Å². The molecule has 0 aromatic heterocycles. The van der Waals surface area contributed by atoms with Gasteiger partial charge in [0.2, 0.25) is 0 Å². The van der Waals surface area contributed by atoms with Crippen molar-refractivity contribution in [3.63, 3.8) is 0 Å². The molecule has 0 saturated carbocycles. The zero-order valence-electron chi connectivity index (χ0n) is 9.49. The van der Waals surface area contributed by atoms with Gasteiger partial charge in [-0.1, -0.05) is 29.8 Å². The van der Waals surface area contributed by atoms with Crippen LogP contribution in [0.3, 0.4) is 0 Å². The van der Waals surface area contributed by atoms with Crippen LogP contribution in [0.1, 0.15) is 33.8 Å². The van der Waals surface area contributed by atoms with Crippen LogP contribution in [0.15, 0.2) is 42.5 Å². The van der Waals surface area contributed by atoms with Crippen LogP contribution < -0.4 is 0 Å². The topological polar surface area (TPSA) is 17.1 Å². The standard InChI is InChI=1S/C15H10ClFO/c16-10-3-6-12-13(8-15(18)14(12)7-10)9-1-4-11(17)5-2-9/h1-7,13H,8H2/t13-/m0/s1. The summed E-state index contributed by atoms with van der Waals surface area (Å²) >= 11 is 5.90. The molecule has 0 aliphatic heterocycles. The first-order valence-electron chi connectivity index (χ1n) is 5.73. The van der Waals surface area contributed by atoms with Crippen molar-refractivity contribution in [3.05, 3.63) is 70.0 Å². The molecule has 18 heavy (non-hydrogen) atoms. The highest BCUT2D eigenvalue weighted by Crippen LogP contribution is 2.38. The molecule has 1 aliphatic rings. The van der Waals surface area contributed by atoms with Crippen molar-refractivity contribution in [3.8, 4) is 0 Å². The number of hydrogen-bond donors (Lipinski definition) is 0. The molecule has 3 heteroatoms. The van der Waals surface area contributed by atoms with Gasteiger partial charge in [-0.05, 0) is 35.4 Å². The molecule has 1 aliphatic carbocycles. The van der Waals surface area contributed by atoms with E-state index in [9.17, 15) is 9.18 Å². The Morgan fingerprint density at radius 3 is 2.56 bits per heavy atom. The third-order valence-electron chi connectivity index (χ3n) is 3.35. The van der Waals surface area contributed by atoms with Crippen molar-refractivity contribution in [2.45, 2.75) is 12.3 Å². The van der Waals surface area contributed by atoms with E-state index in [1.807, 2.05) is 6.07 Å². The first-order valence-corrected chi connectivity index (χ1v) is 6.11. The van der Waals surface area contributed by atoms with Crippen LogP contribution in [0.2, 0.25) is 5.02 Å². The molecule has 0 radical (unpaired) electrons. The minimum absolute atomic E-state index is 0.0189. The second-order valence-electron chi connectivity index (χ2n) is 4.46. The molecule has 0 saturated heterocycles. The fourth-order valence-corrected chi connectivity index (χ4v) is 2.64. The number of ketones is 1. The van der Waals surface area contributed by atoms with E-state index in [0.29, 0.717) is 17.0 Å². The van der Waals surface area contributed by atoms with Gasteiger partial charge >= 0.3 is 0 Å². The van der Waals surface area contributed by atoms with Gasteiger partial charge in [-0.15, -0.1) is 0 Å². The zero-order chi connectivity index (χ0) is 12.7. The first-order chi connectivity index (χ1) is 8.65. The summed E-state index contributed by atoms with van der Waals surface area (Å²) in [6.45, 7) is 0. The Bertz CT molecular complexity index is 619. The van der Waals surface area contributed by atoms with E-state index in [2.05, 4.69) is 0 Å². The summed E-state index contributed by atoms with van der Waals surface area (Å²) in [5, 5.41) is 0.571. The first kappa shape index (κ1) is 11.4. The quantitative estimate of drug-likeness (QED) is 0.751. The SMILES string of the molecule is O=C1C[C@@H](c2ccc(F)cc2)c2ccc(Cl)cc21. The van der Waals surface area contributed by atoms with Crippen LogP contribution in [0, 0.1) is 5.82 Å². The summed E-state index contributed by atoms with van der Waals surface area (Å²) in [6, 6.07) is 11.7. The van der Waals surface area contributed by atoms with E-state index in [1.165, 1.54) is 12.1 Å². The third kappa shape index (κ3) is 1.83. The van der Waals surface area contributed by atoms with Gasteiger partial charge in [0.15, 0.2) is 5.78 Å². The van der Waals surface area contributed by atoms with E-state index in [4.69, 9.17) is 11.6 Å². The van der Waals surface area contributed by atoms with Crippen molar-refractivity contribution >= 4 is 17.4 Å². The number of benzene rings is 2. The van der Waals surface area contributed by atoms with E-state index >= 15 is 0 Å². The van der Waals surface area contributed by atoms with Gasteiger partial charge in [-0.2, -0.15) is 0 Å². The minimum Gasteiger partial charge on any atom is -0.294 e. The smallest absolute Gasteiger partial charge is 0.164 e. The molecule has 2 aromatic rings. The zero-order valence-corrected chi connectivity index (χ0v) is 10.2. The maximum absolute atomic E-state index is 12.9. The highest BCUT2D eigenvalue weighted by molar-refractivity contribution is 6.31.